The second-order valence-corrected chi connectivity index (χ2v) is 7.56. The van der Waals surface area contributed by atoms with E-state index in [1.807, 2.05) is 26.8 Å². The average Bonchev–Trinajstić information content (AvgIpc) is 2.54. The number of hydrogen-bond donors (Lipinski definition) is 0. The van der Waals surface area contributed by atoms with Crippen LogP contribution in [0.2, 0.25) is 5.15 Å². The first kappa shape index (κ1) is 17.7. The molecule has 0 aromatic carbocycles. The number of ether oxygens (including phenoxy) is 1. The highest BCUT2D eigenvalue weighted by atomic mass is 35.5. The molecule has 1 atom stereocenters. The first-order valence-corrected chi connectivity index (χ1v) is 8.64. The molecule has 1 saturated heterocycles. The minimum absolute atomic E-state index is 0.0696. The van der Waals surface area contributed by atoms with Gasteiger partial charge in [0, 0.05) is 48.8 Å². The molecule has 8 heteroatoms. The Balaban J connectivity index is 1.81. The Kier molecular flexibility index (Phi) is 4.69. The Hall–Kier alpha value is -2.15. The number of carbonyl (C=O) groups excluding carboxylic acids is 1. The molecule has 134 valence electrons. The molecular formula is C17H22ClN5O2. The molecule has 7 nitrogen and oxygen atoms in total. The number of aromatic nitrogens is 3. The molecule has 2 aromatic rings. The third-order valence-electron chi connectivity index (χ3n) is 4.07. The molecule has 0 radical (unpaired) electrons. The van der Waals surface area contributed by atoms with E-state index in [-0.39, 0.29) is 12.1 Å². The average molecular weight is 364 g/mol. The number of piperazine rings is 1. The van der Waals surface area contributed by atoms with Crippen molar-refractivity contribution in [1.82, 2.24) is 20.1 Å². The van der Waals surface area contributed by atoms with Crippen LogP contribution in [0.15, 0.2) is 18.5 Å². The molecule has 3 heterocycles. The highest BCUT2D eigenvalue weighted by molar-refractivity contribution is 6.34. The van der Waals surface area contributed by atoms with Crippen LogP contribution in [0.25, 0.3) is 10.8 Å². The minimum Gasteiger partial charge on any atom is -0.444 e. The number of carbonyl (C=O) groups is 1. The normalized spacial score (nSPS) is 18.5. The van der Waals surface area contributed by atoms with Crippen molar-refractivity contribution in [3.63, 3.8) is 0 Å². The SMILES string of the molecule is C[C@H]1CN(C(=O)OC(C)(C)C)CCN1c1nnc(Cl)c2ccncc12. The summed E-state index contributed by atoms with van der Waals surface area (Å²) in [5.74, 6) is 0.740. The fraction of sp³-hybridized carbons (Fsp3) is 0.529. The van der Waals surface area contributed by atoms with Crippen molar-refractivity contribution in [2.24, 2.45) is 0 Å². The third kappa shape index (κ3) is 3.76. The van der Waals surface area contributed by atoms with Gasteiger partial charge in [0.15, 0.2) is 11.0 Å². The van der Waals surface area contributed by atoms with E-state index < -0.39 is 5.60 Å². The molecule has 25 heavy (non-hydrogen) atoms. The van der Waals surface area contributed by atoms with Gasteiger partial charge in [-0.05, 0) is 33.8 Å². The van der Waals surface area contributed by atoms with Crippen molar-refractivity contribution in [2.45, 2.75) is 39.3 Å². The summed E-state index contributed by atoms with van der Waals surface area (Å²) < 4.78 is 5.47. The maximum absolute atomic E-state index is 12.3. The third-order valence-corrected chi connectivity index (χ3v) is 4.35. The highest BCUT2D eigenvalue weighted by Gasteiger charge is 2.31. The van der Waals surface area contributed by atoms with E-state index in [0.717, 1.165) is 16.6 Å². The number of hydrogen-bond acceptors (Lipinski definition) is 6. The number of anilines is 1. The molecule has 1 aliphatic heterocycles. The molecule has 0 spiro atoms. The second kappa shape index (κ2) is 6.63. The number of rotatable bonds is 1. The van der Waals surface area contributed by atoms with E-state index in [9.17, 15) is 4.79 Å². The first-order chi connectivity index (χ1) is 11.8. The van der Waals surface area contributed by atoms with Crippen LogP contribution in [0.3, 0.4) is 0 Å². The van der Waals surface area contributed by atoms with Crippen LogP contribution in [-0.4, -0.2) is 57.5 Å². The first-order valence-electron chi connectivity index (χ1n) is 8.27. The topological polar surface area (TPSA) is 71.5 Å². The number of nitrogens with zero attached hydrogens (tertiary/aromatic N) is 5. The Morgan fingerprint density at radius 2 is 2.04 bits per heavy atom. The van der Waals surface area contributed by atoms with Crippen molar-refractivity contribution in [2.75, 3.05) is 24.5 Å². The summed E-state index contributed by atoms with van der Waals surface area (Å²) in [5.41, 5.74) is -0.499. The molecule has 2 aromatic heterocycles. The summed E-state index contributed by atoms with van der Waals surface area (Å²) in [4.78, 5) is 20.3. The Morgan fingerprint density at radius 1 is 1.28 bits per heavy atom. The van der Waals surface area contributed by atoms with Gasteiger partial charge in [-0.3, -0.25) is 4.98 Å². The molecular weight excluding hydrogens is 342 g/mol. The van der Waals surface area contributed by atoms with Crippen LogP contribution in [0.5, 0.6) is 0 Å². The highest BCUT2D eigenvalue weighted by Crippen LogP contribution is 2.29. The molecule has 1 aliphatic rings. The summed E-state index contributed by atoms with van der Waals surface area (Å²) in [6, 6.07) is 1.90. The van der Waals surface area contributed by atoms with Gasteiger partial charge in [-0.15, -0.1) is 10.2 Å². The molecule has 0 N–H and O–H groups in total. The van der Waals surface area contributed by atoms with E-state index in [4.69, 9.17) is 16.3 Å². The van der Waals surface area contributed by atoms with Crippen LogP contribution in [0, 0.1) is 0 Å². The number of fused-ring (bicyclic) bond motifs is 1. The quantitative estimate of drug-likeness (QED) is 0.775. The molecule has 1 fully saturated rings. The summed E-state index contributed by atoms with van der Waals surface area (Å²) in [6.45, 7) is 9.41. The van der Waals surface area contributed by atoms with Crippen molar-refractivity contribution in [3.8, 4) is 0 Å². The van der Waals surface area contributed by atoms with Crippen molar-refractivity contribution in [3.05, 3.63) is 23.6 Å². The van der Waals surface area contributed by atoms with E-state index in [2.05, 4.69) is 27.0 Å². The van der Waals surface area contributed by atoms with Crippen LogP contribution < -0.4 is 4.90 Å². The van der Waals surface area contributed by atoms with E-state index in [1.165, 1.54) is 0 Å². The van der Waals surface area contributed by atoms with Crippen LogP contribution in [-0.2, 0) is 4.74 Å². The Labute approximate surface area is 151 Å². The maximum Gasteiger partial charge on any atom is 0.410 e. The van der Waals surface area contributed by atoms with Gasteiger partial charge in [-0.2, -0.15) is 0 Å². The zero-order valence-electron chi connectivity index (χ0n) is 14.9. The largest absolute Gasteiger partial charge is 0.444 e. The maximum atomic E-state index is 12.3. The number of halogens is 1. The van der Waals surface area contributed by atoms with Gasteiger partial charge in [0.25, 0.3) is 0 Å². The van der Waals surface area contributed by atoms with Crippen LogP contribution >= 0.6 is 11.6 Å². The predicted molar refractivity (Wildman–Crippen MR) is 97.0 cm³/mol. The number of amides is 1. The summed E-state index contributed by atoms with van der Waals surface area (Å²) in [6.07, 6.45) is 3.15. The van der Waals surface area contributed by atoms with E-state index >= 15 is 0 Å². The van der Waals surface area contributed by atoms with Crippen LogP contribution in [0.4, 0.5) is 10.6 Å². The lowest BCUT2D eigenvalue weighted by molar-refractivity contribution is 0.0218. The van der Waals surface area contributed by atoms with Crippen molar-refractivity contribution < 1.29 is 9.53 Å². The fourth-order valence-corrected chi connectivity index (χ4v) is 3.13. The van der Waals surface area contributed by atoms with E-state index in [0.29, 0.717) is 24.8 Å². The lowest BCUT2D eigenvalue weighted by atomic mass is 10.1. The fourth-order valence-electron chi connectivity index (χ4n) is 2.93. The molecule has 3 rings (SSSR count). The van der Waals surface area contributed by atoms with Gasteiger partial charge in [0.1, 0.15) is 5.60 Å². The van der Waals surface area contributed by atoms with Gasteiger partial charge < -0.3 is 14.5 Å². The summed E-state index contributed by atoms with van der Waals surface area (Å²) in [5, 5.41) is 10.4. The smallest absolute Gasteiger partial charge is 0.410 e. The van der Waals surface area contributed by atoms with Gasteiger partial charge in [-0.25, -0.2) is 4.79 Å². The summed E-state index contributed by atoms with van der Waals surface area (Å²) >= 11 is 6.14. The van der Waals surface area contributed by atoms with E-state index in [1.54, 1.807) is 17.3 Å². The standard InChI is InChI=1S/C17H22ClN5O2/c1-11-10-22(16(24)25-17(2,3)4)7-8-23(11)15-13-9-19-6-5-12(13)14(18)20-21-15/h5-6,9,11H,7-8,10H2,1-4H3/t11-/m0/s1. The predicted octanol–water partition coefficient (Wildman–Crippen LogP) is 3.12. The zero-order chi connectivity index (χ0) is 18.2. The van der Waals surface area contributed by atoms with Gasteiger partial charge in [-0.1, -0.05) is 11.6 Å². The lowest BCUT2D eigenvalue weighted by Crippen LogP contribution is -2.55. The van der Waals surface area contributed by atoms with Crippen molar-refractivity contribution in [1.29, 1.82) is 0 Å². The molecule has 0 bridgehead atoms. The minimum atomic E-state index is -0.499. The molecule has 0 aliphatic carbocycles. The lowest BCUT2D eigenvalue weighted by Gasteiger charge is -2.40. The Morgan fingerprint density at radius 3 is 2.72 bits per heavy atom. The van der Waals surface area contributed by atoms with Crippen LogP contribution in [0.1, 0.15) is 27.7 Å². The Bertz CT molecular complexity index is 792. The molecule has 1 amide bonds. The molecule has 0 saturated carbocycles. The van der Waals surface area contributed by atoms with Gasteiger partial charge in [0.2, 0.25) is 0 Å². The number of pyridine rings is 1. The zero-order valence-corrected chi connectivity index (χ0v) is 15.6. The second-order valence-electron chi connectivity index (χ2n) is 7.20. The molecule has 0 unspecified atom stereocenters. The summed E-state index contributed by atoms with van der Waals surface area (Å²) in [7, 11) is 0. The van der Waals surface area contributed by atoms with Gasteiger partial charge in [0.05, 0.1) is 0 Å². The monoisotopic (exact) mass is 363 g/mol. The van der Waals surface area contributed by atoms with Gasteiger partial charge >= 0.3 is 6.09 Å². The van der Waals surface area contributed by atoms with Crippen molar-refractivity contribution >= 4 is 34.3 Å².